The van der Waals surface area contributed by atoms with Crippen molar-refractivity contribution < 1.29 is 27.8 Å². The number of anilines is 1. The topological polar surface area (TPSA) is 76.7 Å². The van der Waals surface area contributed by atoms with E-state index in [0.29, 0.717) is 22.9 Å². The highest BCUT2D eigenvalue weighted by molar-refractivity contribution is 6.08. The van der Waals surface area contributed by atoms with Crippen molar-refractivity contribution in [3.05, 3.63) is 83.9 Å². The van der Waals surface area contributed by atoms with Crippen molar-refractivity contribution in [1.82, 2.24) is 5.32 Å². The Morgan fingerprint density at radius 3 is 1.86 bits per heavy atom. The predicted octanol–water partition coefficient (Wildman–Crippen LogP) is 4.73. The summed E-state index contributed by atoms with van der Waals surface area (Å²) in [6.45, 7) is 0. The molecule has 3 aromatic rings. The number of hydrogen-bond acceptors (Lipinski definition) is 4. The van der Waals surface area contributed by atoms with Gasteiger partial charge in [-0.15, -0.1) is 0 Å². The largest absolute Gasteiger partial charge is 0.497 e. The molecule has 0 unspecified atom stereocenters. The van der Waals surface area contributed by atoms with Gasteiger partial charge in [0.15, 0.2) is 0 Å². The number of methoxy groups -OCH3 is 1. The molecule has 0 fully saturated rings. The molecule has 0 spiro atoms. The van der Waals surface area contributed by atoms with Crippen molar-refractivity contribution in [2.24, 2.45) is 0 Å². The lowest BCUT2D eigenvalue weighted by Gasteiger charge is -2.10. The standard InChI is InChI=1S/C21H16F2N2O4/c1-28-14-9-11-16(12-10-14)29-15-7-5-13(6-8-15)24-21(27)25-20(26)19-17(22)3-2-4-18(19)23/h2-12H,1H3,(H2,24,25,26,27). The summed E-state index contributed by atoms with van der Waals surface area (Å²) in [6.07, 6.45) is 0. The molecule has 0 saturated heterocycles. The summed E-state index contributed by atoms with van der Waals surface area (Å²) in [4.78, 5) is 23.8. The van der Waals surface area contributed by atoms with E-state index in [1.54, 1.807) is 55.6 Å². The first-order chi connectivity index (χ1) is 14.0. The van der Waals surface area contributed by atoms with Gasteiger partial charge in [-0.3, -0.25) is 10.1 Å². The molecule has 3 amide bonds. The van der Waals surface area contributed by atoms with Crippen molar-refractivity contribution >= 4 is 17.6 Å². The predicted molar refractivity (Wildman–Crippen MR) is 102 cm³/mol. The van der Waals surface area contributed by atoms with Gasteiger partial charge in [-0.2, -0.15) is 0 Å². The van der Waals surface area contributed by atoms with Gasteiger partial charge < -0.3 is 14.8 Å². The van der Waals surface area contributed by atoms with Crippen LogP contribution in [-0.2, 0) is 0 Å². The second-order valence-electron chi connectivity index (χ2n) is 5.81. The lowest BCUT2D eigenvalue weighted by Crippen LogP contribution is -2.35. The smallest absolute Gasteiger partial charge is 0.326 e. The first-order valence-corrected chi connectivity index (χ1v) is 8.44. The fourth-order valence-electron chi connectivity index (χ4n) is 2.43. The molecular formula is C21H16F2N2O4. The van der Waals surface area contributed by atoms with Crippen molar-refractivity contribution in [2.45, 2.75) is 0 Å². The number of benzene rings is 3. The van der Waals surface area contributed by atoms with Crippen LogP contribution in [0.2, 0.25) is 0 Å². The molecule has 148 valence electrons. The maximum Gasteiger partial charge on any atom is 0.326 e. The van der Waals surface area contributed by atoms with Gasteiger partial charge in [0.2, 0.25) is 0 Å². The fraction of sp³-hybridized carbons (Fsp3) is 0.0476. The van der Waals surface area contributed by atoms with Gasteiger partial charge in [-0.05, 0) is 60.7 Å². The first kappa shape index (κ1) is 19.8. The van der Waals surface area contributed by atoms with Crippen molar-refractivity contribution in [2.75, 3.05) is 12.4 Å². The molecule has 0 aliphatic rings. The van der Waals surface area contributed by atoms with Crippen LogP contribution in [0.1, 0.15) is 10.4 Å². The Morgan fingerprint density at radius 1 is 0.793 bits per heavy atom. The molecule has 3 rings (SSSR count). The van der Waals surface area contributed by atoms with Crippen LogP contribution in [0.25, 0.3) is 0 Å². The maximum absolute atomic E-state index is 13.6. The number of ether oxygens (including phenoxy) is 2. The summed E-state index contributed by atoms with van der Waals surface area (Å²) in [5.74, 6) is -1.48. The monoisotopic (exact) mass is 398 g/mol. The molecule has 0 bridgehead atoms. The molecule has 0 atom stereocenters. The normalized spacial score (nSPS) is 10.2. The summed E-state index contributed by atoms with van der Waals surface area (Å²) in [5.41, 5.74) is -0.475. The van der Waals surface area contributed by atoms with E-state index in [1.165, 1.54) is 0 Å². The van der Waals surface area contributed by atoms with Crippen LogP contribution >= 0.6 is 0 Å². The van der Waals surface area contributed by atoms with Crippen molar-refractivity contribution in [1.29, 1.82) is 0 Å². The Balaban J connectivity index is 1.58. The van der Waals surface area contributed by atoms with E-state index in [2.05, 4.69) is 5.32 Å². The van der Waals surface area contributed by atoms with Crippen LogP contribution in [0.3, 0.4) is 0 Å². The molecule has 0 radical (unpaired) electrons. The summed E-state index contributed by atoms with van der Waals surface area (Å²) in [6, 6.07) is 15.4. The summed E-state index contributed by atoms with van der Waals surface area (Å²) < 4.78 is 37.9. The van der Waals surface area contributed by atoms with Gasteiger partial charge in [0.05, 0.1) is 7.11 Å². The molecule has 2 N–H and O–H groups in total. The molecule has 8 heteroatoms. The second-order valence-corrected chi connectivity index (χ2v) is 5.81. The van der Waals surface area contributed by atoms with E-state index in [4.69, 9.17) is 9.47 Å². The minimum absolute atomic E-state index is 0.353. The zero-order valence-corrected chi connectivity index (χ0v) is 15.2. The summed E-state index contributed by atoms with van der Waals surface area (Å²) in [5, 5.41) is 4.28. The Bertz CT molecular complexity index is 1000. The molecule has 0 aromatic heterocycles. The SMILES string of the molecule is COc1ccc(Oc2ccc(NC(=O)NC(=O)c3c(F)cccc3F)cc2)cc1. The third kappa shape index (κ3) is 5.07. The molecule has 29 heavy (non-hydrogen) atoms. The lowest BCUT2D eigenvalue weighted by molar-refractivity contribution is 0.0959. The zero-order valence-electron chi connectivity index (χ0n) is 15.2. The number of carbonyl (C=O) groups excluding carboxylic acids is 2. The fourth-order valence-corrected chi connectivity index (χ4v) is 2.43. The van der Waals surface area contributed by atoms with E-state index in [0.717, 1.165) is 18.2 Å². The average molecular weight is 398 g/mol. The van der Waals surface area contributed by atoms with Crippen LogP contribution in [-0.4, -0.2) is 19.0 Å². The van der Waals surface area contributed by atoms with Crippen LogP contribution in [0.4, 0.5) is 19.3 Å². The molecule has 0 heterocycles. The lowest BCUT2D eigenvalue weighted by atomic mass is 10.2. The summed E-state index contributed by atoms with van der Waals surface area (Å²) in [7, 11) is 1.57. The molecular weight excluding hydrogens is 382 g/mol. The van der Waals surface area contributed by atoms with Crippen LogP contribution in [0.15, 0.2) is 66.7 Å². The quantitative estimate of drug-likeness (QED) is 0.652. The van der Waals surface area contributed by atoms with E-state index < -0.39 is 29.1 Å². The molecule has 0 aliphatic carbocycles. The number of rotatable bonds is 5. The minimum atomic E-state index is -1.18. The van der Waals surface area contributed by atoms with E-state index in [-0.39, 0.29) is 0 Å². The summed E-state index contributed by atoms with van der Waals surface area (Å²) >= 11 is 0. The number of carbonyl (C=O) groups is 2. The van der Waals surface area contributed by atoms with Gasteiger partial charge >= 0.3 is 6.03 Å². The molecule has 0 aliphatic heterocycles. The van der Waals surface area contributed by atoms with Crippen LogP contribution in [0.5, 0.6) is 17.2 Å². The van der Waals surface area contributed by atoms with Crippen LogP contribution < -0.4 is 20.1 Å². The molecule has 3 aromatic carbocycles. The first-order valence-electron chi connectivity index (χ1n) is 8.44. The number of amides is 3. The third-order valence-electron chi connectivity index (χ3n) is 3.82. The minimum Gasteiger partial charge on any atom is -0.497 e. The van der Waals surface area contributed by atoms with Crippen molar-refractivity contribution in [3.8, 4) is 17.2 Å². The molecule has 0 saturated carbocycles. The number of nitrogens with one attached hydrogen (secondary N) is 2. The number of urea groups is 1. The highest BCUT2D eigenvalue weighted by atomic mass is 19.1. The van der Waals surface area contributed by atoms with Crippen molar-refractivity contribution in [3.63, 3.8) is 0 Å². The van der Waals surface area contributed by atoms with Crippen LogP contribution in [0, 0.1) is 11.6 Å². The average Bonchev–Trinajstić information content (AvgIpc) is 2.70. The highest BCUT2D eigenvalue weighted by Gasteiger charge is 2.19. The molecule has 6 nitrogen and oxygen atoms in total. The Morgan fingerprint density at radius 2 is 1.31 bits per heavy atom. The number of hydrogen-bond donors (Lipinski definition) is 2. The highest BCUT2D eigenvalue weighted by Crippen LogP contribution is 2.25. The van der Waals surface area contributed by atoms with Gasteiger partial charge in [-0.25, -0.2) is 13.6 Å². The Labute approximate surface area is 165 Å². The Kier molecular flexibility index (Phi) is 6.03. The maximum atomic E-state index is 13.6. The third-order valence-corrected chi connectivity index (χ3v) is 3.82. The second kappa shape index (κ2) is 8.83. The van der Waals surface area contributed by atoms with Gasteiger partial charge in [0.1, 0.15) is 34.4 Å². The number of halogens is 2. The zero-order chi connectivity index (χ0) is 20.8. The van der Waals surface area contributed by atoms with E-state index in [9.17, 15) is 18.4 Å². The van der Waals surface area contributed by atoms with E-state index in [1.807, 2.05) is 5.32 Å². The Hall–Kier alpha value is -3.94. The number of imide groups is 1. The van der Waals surface area contributed by atoms with Gasteiger partial charge in [0, 0.05) is 5.69 Å². The van der Waals surface area contributed by atoms with Gasteiger partial charge in [-0.1, -0.05) is 6.07 Å². The van der Waals surface area contributed by atoms with E-state index >= 15 is 0 Å². The van der Waals surface area contributed by atoms with Gasteiger partial charge in [0.25, 0.3) is 5.91 Å².